The molecular formula is C23H25NO2. The molecule has 0 aromatic heterocycles. The number of benzene rings is 3. The molecular weight excluding hydrogens is 322 g/mol. The SMILES string of the molecule is CCC(Oc1cccc2ccccc12)C(=O)Nc1ccc(C(C)C)cc1. The van der Waals surface area contributed by atoms with Crippen LogP contribution in [0.4, 0.5) is 5.69 Å². The van der Waals surface area contributed by atoms with Gasteiger partial charge in [0.15, 0.2) is 6.10 Å². The maximum Gasteiger partial charge on any atom is 0.265 e. The Balaban J connectivity index is 1.74. The zero-order chi connectivity index (χ0) is 18.5. The van der Waals surface area contributed by atoms with E-state index in [4.69, 9.17) is 4.74 Å². The van der Waals surface area contributed by atoms with Crippen LogP contribution in [0.15, 0.2) is 66.7 Å². The molecule has 26 heavy (non-hydrogen) atoms. The molecule has 3 aromatic carbocycles. The number of rotatable bonds is 6. The van der Waals surface area contributed by atoms with Crippen molar-refractivity contribution in [2.24, 2.45) is 0 Å². The van der Waals surface area contributed by atoms with Gasteiger partial charge in [-0.15, -0.1) is 0 Å². The second-order valence-corrected chi connectivity index (χ2v) is 6.76. The minimum Gasteiger partial charge on any atom is -0.480 e. The van der Waals surface area contributed by atoms with E-state index in [2.05, 4.69) is 19.2 Å². The van der Waals surface area contributed by atoms with Crippen molar-refractivity contribution in [2.75, 3.05) is 5.32 Å². The van der Waals surface area contributed by atoms with Gasteiger partial charge in [0.25, 0.3) is 5.91 Å². The van der Waals surface area contributed by atoms with Crippen LogP contribution in [0.25, 0.3) is 10.8 Å². The third kappa shape index (κ3) is 4.05. The molecule has 1 atom stereocenters. The number of fused-ring (bicyclic) bond motifs is 1. The lowest BCUT2D eigenvalue weighted by Gasteiger charge is -2.19. The fraction of sp³-hybridized carbons (Fsp3) is 0.261. The maximum absolute atomic E-state index is 12.7. The van der Waals surface area contributed by atoms with Crippen LogP contribution < -0.4 is 10.1 Å². The number of hydrogen-bond acceptors (Lipinski definition) is 2. The highest BCUT2D eigenvalue weighted by Gasteiger charge is 2.19. The Morgan fingerprint density at radius 2 is 1.65 bits per heavy atom. The molecule has 0 aliphatic rings. The Hall–Kier alpha value is -2.81. The highest BCUT2D eigenvalue weighted by Crippen LogP contribution is 2.27. The van der Waals surface area contributed by atoms with E-state index in [9.17, 15) is 4.79 Å². The topological polar surface area (TPSA) is 38.3 Å². The molecule has 0 heterocycles. The third-order valence-corrected chi connectivity index (χ3v) is 4.53. The van der Waals surface area contributed by atoms with Gasteiger partial charge >= 0.3 is 0 Å². The van der Waals surface area contributed by atoms with Crippen LogP contribution in [-0.2, 0) is 4.79 Å². The van der Waals surface area contributed by atoms with Crippen molar-refractivity contribution in [3.05, 3.63) is 72.3 Å². The maximum atomic E-state index is 12.7. The van der Waals surface area contributed by atoms with Gasteiger partial charge in [0, 0.05) is 11.1 Å². The van der Waals surface area contributed by atoms with Crippen LogP contribution in [-0.4, -0.2) is 12.0 Å². The van der Waals surface area contributed by atoms with Gasteiger partial charge < -0.3 is 10.1 Å². The van der Waals surface area contributed by atoms with Crippen molar-refractivity contribution in [3.8, 4) is 5.75 Å². The lowest BCUT2D eigenvalue weighted by Crippen LogP contribution is -2.32. The second-order valence-electron chi connectivity index (χ2n) is 6.76. The Labute approximate surface area is 155 Å². The van der Waals surface area contributed by atoms with Crippen LogP contribution in [0, 0.1) is 0 Å². The van der Waals surface area contributed by atoms with Crippen molar-refractivity contribution in [3.63, 3.8) is 0 Å². The van der Waals surface area contributed by atoms with Crippen LogP contribution in [0.2, 0.25) is 0 Å². The molecule has 134 valence electrons. The molecule has 0 fully saturated rings. The summed E-state index contributed by atoms with van der Waals surface area (Å²) in [5.41, 5.74) is 2.04. The summed E-state index contributed by atoms with van der Waals surface area (Å²) in [6, 6.07) is 21.9. The molecule has 1 amide bonds. The van der Waals surface area contributed by atoms with Crippen molar-refractivity contribution in [1.82, 2.24) is 0 Å². The minimum atomic E-state index is -0.536. The number of hydrogen-bond donors (Lipinski definition) is 1. The summed E-state index contributed by atoms with van der Waals surface area (Å²) >= 11 is 0. The predicted octanol–water partition coefficient (Wildman–Crippen LogP) is 5.76. The summed E-state index contributed by atoms with van der Waals surface area (Å²) in [7, 11) is 0. The molecule has 3 rings (SSSR count). The predicted molar refractivity (Wildman–Crippen MR) is 108 cm³/mol. The highest BCUT2D eigenvalue weighted by atomic mass is 16.5. The van der Waals surface area contributed by atoms with E-state index in [1.165, 1.54) is 5.56 Å². The summed E-state index contributed by atoms with van der Waals surface area (Å²) < 4.78 is 6.06. The van der Waals surface area contributed by atoms with Gasteiger partial charge in [0.05, 0.1) is 0 Å². The lowest BCUT2D eigenvalue weighted by atomic mass is 10.0. The molecule has 0 aliphatic carbocycles. The summed E-state index contributed by atoms with van der Waals surface area (Å²) in [5.74, 6) is 1.08. The molecule has 1 N–H and O–H groups in total. The van der Waals surface area contributed by atoms with E-state index in [0.29, 0.717) is 12.3 Å². The first kappa shape index (κ1) is 18.0. The fourth-order valence-corrected chi connectivity index (χ4v) is 2.95. The quantitative estimate of drug-likeness (QED) is 0.616. The van der Waals surface area contributed by atoms with E-state index < -0.39 is 6.10 Å². The molecule has 0 spiro atoms. The monoisotopic (exact) mass is 347 g/mol. The Morgan fingerprint density at radius 1 is 0.962 bits per heavy atom. The van der Waals surface area contributed by atoms with Crippen LogP contribution in [0.3, 0.4) is 0 Å². The van der Waals surface area contributed by atoms with E-state index >= 15 is 0 Å². The number of carbonyl (C=O) groups excluding carboxylic acids is 1. The first-order chi connectivity index (χ1) is 12.6. The van der Waals surface area contributed by atoms with E-state index in [-0.39, 0.29) is 5.91 Å². The average Bonchev–Trinajstić information content (AvgIpc) is 2.66. The van der Waals surface area contributed by atoms with Crippen molar-refractivity contribution in [2.45, 2.75) is 39.2 Å². The third-order valence-electron chi connectivity index (χ3n) is 4.53. The highest BCUT2D eigenvalue weighted by molar-refractivity contribution is 5.95. The normalized spacial score (nSPS) is 12.2. The van der Waals surface area contributed by atoms with Gasteiger partial charge in [-0.05, 0) is 41.5 Å². The lowest BCUT2D eigenvalue weighted by molar-refractivity contribution is -0.122. The van der Waals surface area contributed by atoms with Crippen LogP contribution >= 0.6 is 0 Å². The first-order valence-electron chi connectivity index (χ1n) is 9.13. The van der Waals surface area contributed by atoms with Crippen molar-refractivity contribution in [1.29, 1.82) is 0 Å². The number of anilines is 1. The van der Waals surface area contributed by atoms with Crippen molar-refractivity contribution >= 4 is 22.4 Å². The van der Waals surface area contributed by atoms with Gasteiger partial charge in [-0.2, -0.15) is 0 Å². The van der Waals surface area contributed by atoms with Gasteiger partial charge in [-0.3, -0.25) is 4.79 Å². The van der Waals surface area contributed by atoms with Crippen LogP contribution in [0.1, 0.15) is 38.7 Å². The van der Waals surface area contributed by atoms with E-state index in [1.807, 2.05) is 73.7 Å². The molecule has 3 nitrogen and oxygen atoms in total. The first-order valence-corrected chi connectivity index (χ1v) is 9.13. The fourth-order valence-electron chi connectivity index (χ4n) is 2.95. The van der Waals surface area contributed by atoms with Crippen molar-refractivity contribution < 1.29 is 9.53 Å². The zero-order valence-electron chi connectivity index (χ0n) is 15.5. The smallest absolute Gasteiger partial charge is 0.265 e. The molecule has 0 aliphatic heterocycles. The van der Waals surface area contributed by atoms with Gasteiger partial charge in [0.2, 0.25) is 0 Å². The van der Waals surface area contributed by atoms with E-state index in [0.717, 1.165) is 22.2 Å². The van der Waals surface area contributed by atoms with Crippen LogP contribution in [0.5, 0.6) is 5.75 Å². The molecule has 3 aromatic rings. The van der Waals surface area contributed by atoms with Gasteiger partial charge in [0.1, 0.15) is 5.75 Å². The largest absolute Gasteiger partial charge is 0.480 e. The minimum absolute atomic E-state index is 0.127. The molecule has 3 heteroatoms. The number of carbonyl (C=O) groups is 1. The molecule has 0 bridgehead atoms. The van der Waals surface area contributed by atoms with Gasteiger partial charge in [-0.1, -0.05) is 69.3 Å². The molecule has 0 saturated heterocycles. The molecule has 0 radical (unpaired) electrons. The molecule has 1 unspecified atom stereocenters. The summed E-state index contributed by atoms with van der Waals surface area (Å²) in [5, 5.41) is 5.08. The average molecular weight is 347 g/mol. The standard InChI is InChI=1S/C23H25NO2/c1-4-21(23(25)24-19-14-12-17(13-15-19)16(2)3)26-22-11-7-9-18-8-5-6-10-20(18)22/h5-16,21H,4H2,1-3H3,(H,24,25). The summed E-state index contributed by atoms with van der Waals surface area (Å²) in [6.45, 7) is 6.26. The summed E-state index contributed by atoms with van der Waals surface area (Å²) in [4.78, 5) is 12.7. The summed E-state index contributed by atoms with van der Waals surface area (Å²) in [6.07, 6.45) is 0.0599. The number of amides is 1. The Bertz CT molecular complexity index is 879. The Kier molecular flexibility index (Phi) is 5.57. The number of nitrogens with one attached hydrogen (secondary N) is 1. The Morgan fingerprint density at radius 3 is 2.35 bits per heavy atom. The van der Waals surface area contributed by atoms with Gasteiger partial charge in [-0.25, -0.2) is 0 Å². The van der Waals surface area contributed by atoms with E-state index in [1.54, 1.807) is 0 Å². The number of ether oxygens (including phenoxy) is 1. The second kappa shape index (κ2) is 8.05. The molecule has 0 saturated carbocycles. The zero-order valence-corrected chi connectivity index (χ0v) is 15.5.